The average molecular weight is 214 g/mol. The Labute approximate surface area is 95.6 Å². The first kappa shape index (κ1) is 11.9. The molecule has 16 heavy (non-hydrogen) atoms. The van der Waals surface area contributed by atoms with Crippen LogP contribution in [0.25, 0.3) is 6.08 Å². The molecule has 0 heterocycles. The Bertz CT molecular complexity index is 443. The predicted octanol–water partition coefficient (Wildman–Crippen LogP) is 1.37. The second kappa shape index (κ2) is 5.62. The fourth-order valence-corrected chi connectivity index (χ4v) is 1.17. The maximum absolute atomic E-state index is 11.5. The third-order valence-electron chi connectivity index (χ3n) is 2.03. The second-order valence-electron chi connectivity index (χ2n) is 3.40. The Kier molecular flexibility index (Phi) is 4.16. The number of amides is 1. The molecule has 1 aromatic rings. The van der Waals surface area contributed by atoms with Crippen LogP contribution in [0.4, 0.5) is 5.69 Å². The molecule has 0 aliphatic rings. The summed E-state index contributed by atoms with van der Waals surface area (Å²) in [7, 11) is 1.66. The molecule has 0 spiro atoms. The van der Waals surface area contributed by atoms with Crippen LogP contribution in [0, 0.1) is 12.3 Å². The number of nitrogen functional groups attached to an aromatic ring is 1. The molecular weight excluding hydrogens is 200 g/mol. The van der Waals surface area contributed by atoms with Crippen LogP contribution >= 0.6 is 0 Å². The van der Waals surface area contributed by atoms with Gasteiger partial charge in [0.25, 0.3) is 0 Å². The topological polar surface area (TPSA) is 46.3 Å². The van der Waals surface area contributed by atoms with Crippen molar-refractivity contribution in [1.82, 2.24) is 4.90 Å². The molecular formula is C13H14N2O. The van der Waals surface area contributed by atoms with Crippen molar-refractivity contribution in [2.45, 2.75) is 0 Å². The van der Waals surface area contributed by atoms with Crippen molar-refractivity contribution in [3.05, 3.63) is 35.9 Å². The van der Waals surface area contributed by atoms with Gasteiger partial charge in [0.05, 0.1) is 6.54 Å². The Balaban J connectivity index is 2.67. The molecule has 0 bridgehead atoms. The maximum Gasteiger partial charge on any atom is 0.247 e. The molecule has 0 fully saturated rings. The van der Waals surface area contributed by atoms with Crippen LogP contribution in [0.5, 0.6) is 0 Å². The van der Waals surface area contributed by atoms with Crippen molar-refractivity contribution < 1.29 is 4.79 Å². The number of hydrogen-bond acceptors (Lipinski definition) is 2. The quantitative estimate of drug-likeness (QED) is 0.469. The van der Waals surface area contributed by atoms with Crippen molar-refractivity contribution in [2.24, 2.45) is 0 Å². The number of benzene rings is 1. The highest BCUT2D eigenvalue weighted by atomic mass is 16.2. The lowest BCUT2D eigenvalue weighted by Gasteiger charge is -2.10. The number of nitrogens with zero attached hydrogens (tertiary/aromatic N) is 1. The molecule has 1 amide bonds. The highest BCUT2D eigenvalue weighted by Crippen LogP contribution is 2.08. The summed E-state index contributed by atoms with van der Waals surface area (Å²) in [6, 6.07) is 7.31. The van der Waals surface area contributed by atoms with E-state index in [0.717, 1.165) is 5.56 Å². The van der Waals surface area contributed by atoms with E-state index in [9.17, 15) is 4.79 Å². The summed E-state index contributed by atoms with van der Waals surface area (Å²) in [6.07, 6.45) is 8.30. The van der Waals surface area contributed by atoms with Gasteiger partial charge in [-0.25, -0.2) is 0 Å². The van der Waals surface area contributed by atoms with Gasteiger partial charge in [0.1, 0.15) is 0 Å². The van der Waals surface area contributed by atoms with Crippen LogP contribution in [0.2, 0.25) is 0 Å². The maximum atomic E-state index is 11.5. The molecule has 0 radical (unpaired) electrons. The molecule has 3 heteroatoms. The van der Waals surface area contributed by atoms with Crippen LogP contribution in [0.15, 0.2) is 30.3 Å². The summed E-state index contributed by atoms with van der Waals surface area (Å²) < 4.78 is 0. The van der Waals surface area contributed by atoms with Gasteiger partial charge in [0.2, 0.25) is 5.91 Å². The molecule has 2 N–H and O–H groups in total. The summed E-state index contributed by atoms with van der Waals surface area (Å²) in [5.74, 6) is 2.28. The van der Waals surface area contributed by atoms with Crippen molar-refractivity contribution in [1.29, 1.82) is 0 Å². The van der Waals surface area contributed by atoms with Gasteiger partial charge in [-0.2, -0.15) is 0 Å². The lowest BCUT2D eigenvalue weighted by molar-refractivity contribution is -0.124. The van der Waals surface area contributed by atoms with Gasteiger partial charge in [-0.3, -0.25) is 4.79 Å². The van der Waals surface area contributed by atoms with Gasteiger partial charge < -0.3 is 10.6 Å². The van der Waals surface area contributed by atoms with Crippen molar-refractivity contribution in [3.8, 4) is 12.3 Å². The molecule has 0 saturated carbocycles. The van der Waals surface area contributed by atoms with E-state index in [2.05, 4.69) is 5.92 Å². The molecule has 0 aromatic heterocycles. The van der Waals surface area contributed by atoms with E-state index >= 15 is 0 Å². The van der Waals surface area contributed by atoms with Gasteiger partial charge in [0, 0.05) is 18.8 Å². The fourth-order valence-electron chi connectivity index (χ4n) is 1.17. The molecule has 0 aliphatic carbocycles. The van der Waals surface area contributed by atoms with E-state index < -0.39 is 0 Å². The molecule has 1 rings (SSSR count). The van der Waals surface area contributed by atoms with Gasteiger partial charge in [0.15, 0.2) is 0 Å². The number of carbonyl (C=O) groups is 1. The molecule has 3 nitrogen and oxygen atoms in total. The van der Waals surface area contributed by atoms with E-state index in [1.807, 2.05) is 12.1 Å². The van der Waals surface area contributed by atoms with Gasteiger partial charge in [-0.05, 0) is 23.8 Å². The Hall–Kier alpha value is -2.21. The summed E-state index contributed by atoms with van der Waals surface area (Å²) in [4.78, 5) is 13.0. The molecule has 0 unspecified atom stereocenters. The summed E-state index contributed by atoms with van der Waals surface area (Å²) in [6.45, 7) is 0.306. The number of likely N-dealkylation sites (N-methyl/N-ethyl adjacent to an activating group) is 1. The highest BCUT2D eigenvalue weighted by molar-refractivity contribution is 5.91. The van der Waals surface area contributed by atoms with Gasteiger partial charge in [-0.15, -0.1) is 6.42 Å². The van der Waals surface area contributed by atoms with E-state index in [-0.39, 0.29) is 5.91 Å². The lowest BCUT2D eigenvalue weighted by Crippen LogP contribution is -2.24. The second-order valence-corrected chi connectivity index (χ2v) is 3.40. The predicted molar refractivity (Wildman–Crippen MR) is 66.4 cm³/mol. The molecule has 0 saturated heterocycles. The number of rotatable bonds is 3. The molecule has 0 aliphatic heterocycles. The first-order valence-corrected chi connectivity index (χ1v) is 4.85. The van der Waals surface area contributed by atoms with Crippen molar-refractivity contribution >= 4 is 17.7 Å². The standard InChI is InChI=1S/C13H14N2O/c1-3-9-15(2)13(16)8-7-11-5-4-6-12(14)10-11/h1,4-8,10H,9,14H2,2H3/b8-7+. The van der Waals surface area contributed by atoms with Crippen LogP contribution < -0.4 is 5.73 Å². The monoisotopic (exact) mass is 214 g/mol. The van der Waals surface area contributed by atoms with Gasteiger partial charge in [-0.1, -0.05) is 18.1 Å². The van der Waals surface area contributed by atoms with Crippen LogP contribution in [0.3, 0.4) is 0 Å². The van der Waals surface area contributed by atoms with Crippen molar-refractivity contribution in [2.75, 3.05) is 19.3 Å². The smallest absolute Gasteiger partial charge is 0.247 e. The third kappa shape index (κ3) is 3.50. The van der Waals surface area contributed by atoms with E-state index in [0.29, 0.717) is 12.2 Å². The average Bonchev–Trinajstić information content (AvgIpc) is 2.26. The molecule has 1 aromatic carbocycles. The van der Waals surface area contributed by atoms with E-state index in [1.54, 1.807) is 25.3 Å². The molecule has 0 atom stereocenters. The zero-order chi connectivity index (χ0) is 12.0. The SMILES string of the molecule is C#CCN(C)C(=O)/C=C/c1cccc(N)c1. The minimum atomic E-state index is -0.125. The highest BCUT2D eigenvalue weighted by Gasteiger charge is 2.01. The molecule has 82 valence electrons. The zero-order valence-electron chi connectivity index (χ0n) is 9.18. The summed E-state index contributed by atoms with van der Waals surface area (Å²) in [5, 5.41) is 0. The first-order chi connectivity index (χ1) is 7.63. The number of carbonyl (C=O) groups excluding carboxylic acids is 1. The number of terminal acetylenes is 1. The fraction of sp³-hybridized carbons (Fsp3) is 0.154. The summed E-state index contributed by atoms with van der Waals surface area (Å²) >= 11 is 0. The Morgan fingerprint density at radius 1 is 1.62 bits per heavy atom. The lowest BCUT2D eigenvalue weighted by atomic mass is 10.2. The minimum absolute atomic E-state index is 0.125. The summed E-state index contributed by atoms with van der Waals surface area (Å²) in [5.41, 5.74) is 7.18. The Morgan fingerprint density at radius 3 is 3.00 bits per heavy atom. The minimum Gasteiger partial charge on any atom is -0.399 e. The van der Waals surface area contributed by atoms with Gasteiger partial charge >= 0.3 is 0 Å². The third-order valence-corrected chi connectivity index (χ3v) is 2.03. The van der Waals surface area contributed by atoms with Crippen LogP contribution in [-0.4, -0.2) is 24.4 Å². The van der Waals surface area contributed by atoms with E-state index in [1.165, 1.54) is 11.0 Å². The Morgan fingerprint density at radius 2 is 2.38 bits per heavy atom. The van der Waals surface area contributed by atoms with Crippen LogP contribution in [-0.2, 0) is 4.79 Å². The zero-order valence-corrected chi connectivity index (χ0v) is 9.18. The number of nitrogens with two attached hydrogens (primary N) is 1. The largest absolute Gasteiger partial charge is 0.399 e. The number of hydrogen-bond donors (Lipinski definition) is 1. The number of anilines is 1. The normalized spacial score (nSPS) is 10.0. The van der Waals surface area contributed by atoms with Crippen LogP contribution in [0.1, 0.15) is 5.56 Å². The first-order valence-electron chi connectivity index (χ1n) is 4.85. The van der Waals surface area contributed by atoms with E-state index in [4.69, 9.17) is 12.2 Å². The van der Waals surface area contributed by atoms with Crippen molar-refractivity contribution in [3.63, 3.8) is 0 Å².